The van der Waals surface area contributed by atoms with Crippen LogP contribution in [0.5, 0.6) is 0 Å². The summed E-state index contributed by atoms with van der Waals surface area (Å²) in [5, 5.41) is 18.4. The Hall–Kier alpha value is -2.14. The third kappa shape index (κ3) is 6.17. The van der Waals surface area contributed by atoms with Crippen LogP contribution in [0, 0.1) is 23.2 Å². The number of amides is 3. The molecular formula is C21H35N5O3. The van der Waals surface area contributed by atoms with Gasteiger partial charge in [0.2, 0.25) is 17.7 Å². The molecule has 2 bridgehead atoms. The van der Waals surface area contributed by atoms with Gasteiger partial charge >= 0.3 is 0 Å². The van der Waals surface area contributed by atoms with Crippen LogP contribution in [-0.2, 0) is 14.4 Å². The highest BCUT2D eigenvalue weighted by Gasteiger charge is 2.36. The number of hydrogen-bond donors (Lipinski definition) is 3. The van der Waals surface area contributed by atoms with Crippen molar-refractivity contribution in [2.24, 2.45) is 11.8 Å². The number of nitrogens with zero attached hydrogens (tertiary/aromatic N) is 2. The molecule has 0 radical (unpaired) electrons. The second-order valence-electron chi connectivity index (χ2n) is 8.78. The lowest BCUT2D eigenvalue weighted by molar-refractivity contribution is -0.141. The lowest BCUT2D eigenvalue weighted by Crippen LogP contribution is -2.54. The van der Waals surface area contributed by atoms with E-state index < -0.39 is 12.1 Å². The van der Waals surface area contributed by atoms with Gasteiger partial charge in [0.05, 0.1) is 12.1 Å². The summed E-state index contributed by atoms with van der Waals surface area (Å²) >= 11 is 0. The van der Waals surface area contributed by atoms with Gasteiger partial charge in [0.25, 0.3) is 0 Å². The number of nitriles is 1. The highest BCUT2D eigenvalue weighted by Crippen LogP contribution is 2.25. The monoisotopic (exact) mass is 405 g/mol. The zero-order valence-corrected chi connectivity index (χ0v) is 18.0. The van der Waals surface area contributed by atoms with Gasteiger partial charge in [-0.1, -0.05) is 26.7 Å². The molecule has 0 aromatic rings. The third-order valence-corrected chi connectivity index (χ3v) is 6.03. The third-order valence-electron chi connectivity index (χ3n) is 6.03. The van der Waals surface area contributed by atoms with E-state index in [0.717, 1.165) is 19.3 Å². The standard InChI is InChI=1S/C21H35N5O3/c1-13(2)9-18-20(28)25-16(12-22)11-14-10-15(24-19(14)27)7-5-6-8-17(23-3)21(29)26(18)4/h13-18,23H,5-11H2,1-4H3,(H,24,27)(H,25,28). The maximum absolute atomic E-state index is 13.0. The predicted molar refractivity (Wildman–Crippen MR) is 110 cm³/mol. The van der Waals surface area contributed by atoms with Crippen molar-refractivity contribution in [1.82, 2.24) is 20.9 Å². The largest absolute Gasteiger partial charge is 0.353 e. The van der Waals surface area contributed by atoms with Gasteiger partial charge in [0.1, 0.15) is 12.1 Å². The van der Waals surface area contributed by atoms with Gasteiger partial charge in [-0.15, -0.1) is 0 Å². The minimum atomic E-state index is -0.750. The van der Waals surface area contributed by atoms with Crippen molar-refractivity contribution >= 4 is 17.7 Å². The van der Waals surface area contributed by atoms with E-state index in [0.29, 0.717) is 25.7 Å². The smallest absolute Gasteiger partial charge is 0.243 e. The van der Waals surface area contributed by atoms with E-state index in [2.05, 4.69) is 22.0 Å². The molecule has 2 aliphatic rings. The summed E-state index contributed by atoms with van der Waals surface area (Å²) in [7, 11) is 3.42. The van der Waals surface area contributed by atoms with Crippen molar-refractivity contribution in [2.45, 2.75) is 83.0 Å². The topological polar surface area (TPSA) is 114 Å². The van der Waals surface area contributed by atoms with Crippen LogP contribution in [0.3, 0.4) is 0 Å². The van der Waals surface area contributed by atoms with Gasteiger partial charge in [0.15, 0.2) is 0 Å². The number of rotatable bonds is 3. The van der Waals surface area contributed by atoms with Crippen LogP contribution >= 0.6 is 0 Å². The van der Waals surface area contributed by atoms with E-state index >= 15 is 0 Å². The maximum atomic E-state index is 13.0. The van der Waals surface area contributed by atoms with E-state index in [1.807, 2.05) is 13.8 Å². The summed E-state index contributed by atoms with van der Waals surface area (Å²) in [6, 6.07) is 0.472. The Balaban J connectivity index is 2.27. The molecule has 2 fully saturated rings. The van der Waals surface area contributed by atoms with E-state index in [1.54, 1.807) is 14.1 Å². The van der Waals surface area contributed by atoms with Gasteiger partial charge in [0, 0.05) is 19.0 Å². The quantitative estimate of drug-likeness (QED) is 0.646. The van der Waals surface area contributed by atoms with Crippen molar-refractivity contribution in [1.29, 1.82) is 5.26 Å². The molecule has 0 saturated carbocycles. The number of carbonyl (C=O) groups excluding carboxylic acids is 3. The van der Waals surface area contributed by atoms with E-state index in [1.165, 1.54) is 4.90 Å². The summed E-state index contributed by atoms with van der Waals surface area (Å²) in [6.07, 6.45) is 4.83. The Kier molecular flexibility index (Phi) is 8.45. The fraction of sp³-hybridized carbons (Fsp3) is 0.810. The second-order valence-corrected chi connectivity index (χ2v) is 8.78. The molecule has 2 heterocycles. The first kappa shape index (κ1) is 23.1. The number of carbonyl (C=O) groups is 3. The van der Waals surface area contributed by atoms with Crippen LogP contribution in [0.2, 0.25) is 0 Å². The van der Waals surface area contributed by atoms with Gasteiger partial charge in [-0.25, -0.2) is 0 Å². The average molecular weight is 406 g/mol. The molecule has 5 atom stereocenters. The number of hydrogen-bond acceptors (Lipinski definition) is 5. The SMILES string of the molecule is CNC1CCCCC2CC(CC(C#N)NC(=O)C(CC(C)C)N(C)C1=O)C(=O)N2. The van der Waals surface area contributed by atoms with Crippen LogP contribution in [-0.4, -0.2) is 60.9 Å². The van der Waals surface area contributed by atoms with Gasteiger partial charge in [-0.05, 0) is 45.1 Å². The molecule has 8 nitrogen and oxygen atoms in total. The Morgan fingerprint density at radius 3 is 2.45 bits per heavy atom. The first-order valence-electron chi connectivity index (χ1n) is 10.7. The van der Waals surface area contributed by atoms with Crippen LogP contribution in [0.25, 0.3) is 0 Å². The van der Waals surface area contributed by atoms with Crippen molar-refractivity contribution in [2.75, 3.05) is 14.1 Å². The molecule has 162 valence electrons. The summed E-state index contributed by atoms with van der Waals surface area (Å²) < 4.78 is 0. The molecule has 2 rings (SSSR count). The minimum Gasteiger partial charge on any atom is -0.353 e. The molecule has 8 heteroatoms. The summed E-state index contributed by atoms with van der Waals surface area (Å²) in [5.41, 5.74) is 0. The highest BCUT2D eigenvalue weighted by molar-refractivity contribution is 5.90. The molecule has 0 aromatic heterocycles. The van der Waals surface area contributed by atoms with Crippen molar-refractivity contribution in [3.05, 3.63) is 0 Å². The predicted octanol–water partition coefficient (Wildman–Crippen LogP) is 0.925. The Labute approximate surface area is 173 Å². The normalized spacial score (nSPS) is 32.2. The fourth-order valence-corrected chi connectivity index (χ4v) is 4.34. The van der Waals surface area contributed by atoms with E-state index in [4.69, 9.17) is 0 Å². The second kappa shape index (κ2) is 10.6. The fourth-order valence-electron chi connectivity index (χ4n) is 4.34. The van der Waals surface area contributed by atoms with Crippen molar-refractivity contribution < 1.29 is 14.4 Å². The molecule has 3 amide bonds. The Morgan fingerprint density at radius 1 is 1.14 bits per heavy atom. The molecule has 2 aliphatic heterocycles. The Bertz CT molecular complexity index is 645. The van der Waals surface area contributed by atoms with Crippen LogP contribution in [0.15, 0.2) is 0 Å². The van der Waals surface area contributed by atoms with Crippen LogP contribution in [0.1, 0.15) is 58.8 Å². The summed E-state index contributed by atoms with van der Waals surface area (Å²) in [6.45, 7) is 4.00. The number of fused-ring (bicyclic) bond motifs is 2. The molecule has 2 saturated heterocycles. The molecule has 0 aliphatic carbocycles. The van der Waals surface area contributed by atoms with Crippen LogP contribution in [0.4, 0.5) is 0 Å². The molecule has 5 unspecified atom stereocenters. The zero-order chi connectivity index (χ0) is 21.6. The van der Waals surface area contributed by atoms with Gasteiger partial charge < -0.3 is 20.9 Å². The van der Waals surface area contributed by atoms with Crippen molar-refractivity contribution in [3.8, 4) is 6.07 Å². The maximum Gasteiger partial charge on any atom is 0.243 e. The van der Waals surface area contributed by atoms with Crippen LogP contribution < -0.4 is 16.0 Å². The summed E-state index contributed by atoms with van der Waals surface area (Å²) in [4.78, 5) is 39.9. The van der Waals surface area contributed by atoms with E-state index in [-0.39, 0.29) is 41.6 Å². The molecule has 3 N–H and O–H groups in total. The lowest BCUT2D eigenvalue weighted by Gasteiger charge is -2.32. The van der Waals surface area contributed by atoms with Gasteiger partial charge in [-0.3, -0.25) is 14.4 Å². The molecular weight excluding hydrogens is 370 g/mol. The molecule has 0 aromatic carbocycles. The van der Waals surface area contributed by atoms with Crippen molar-refractivity contribution in [3.63, 3.8) is 0 Å². The number of nitrogens with one attached hydrogen (secondary N) is 3. The molecule has 0 spiro atoms. The highest BCUT2D eigenvalue weighted by atomic mass is 16.2. The summed E-state index contributed by atoms with van der Waals surface area (Å²) in [5.74, 6) is -0.524. The first-order valence-corrected chi connectivity index (χ1v) is 10.7. The number of likely N-dealkylation sites (N-methyl/N-ethyl adjacent to an activating group) is 2. The Morgan fingerprint density at radius 2 is 1.83 bits per heavy atom. The van der Waals surface area contributed by atoms with E-state index in [9.17, 15) is 19.6 Å². The average Bonchev–Trinajstić information content (AvgIpc) is 3.02. The first-order chi connectivity index (χ1) is 13.8. The minimum absolute atomic E-state index is 0.0317. The molecule has 29 heavy (non-hydrogen) atoms. The lowest BCUT2D eigenvalue weighted by atomic mass is 9.94. The zero-order valence-electron chi connectivity index (χ0n) is 18.0. The van der Waals surface area contributed by atoms with Gasteiger partial charge in [-0.2, -0.15) is 5.26 Å².